The fraction of sp³-hybridized carbons (Fsp3) is 0.400. The number of aliphatic hydroxyl groups is 1. The molecule has 2 aromatic rings. The molecule has 27 heavy (non-hydrogen) atoms. The molecule has 0 amide bonds. The molecule has 0 aliphatic carbocycles. The van der Waals surface area contributed by atoms with E-state index in [1.807, 2.05) is 49.4 Å². The zero-order chi connectivity index (χ0) is 18.6. The molecule has 150 valence electrons. The molecule has 0 aliphatic heterocycles. The second-order valence-electron chi connectivity index (χ2n) is 5.62. The van der Waals surface area contributed by atoms with Gasteiger partial charge in [0.25, 0.3) is 0 Å². The van der Waals surface area contributed by atoms with Crippen molar-refractivity contribution in [3.8, 4) is 11.5 Å². The molecule has 0 saturated heterocycles. The van der Waals surface area contributed by atoms with Crippen LogP contribution in [-0.2, 0) is 17.9 Å². The van der Waals surface area contributed by atoms with E-state index in [2.05, 4.69) is 21.2 Å². The number of hydrogen-bond acceptors (Lipinski definition) is 5. The molecule has 0 spiro atoms. The van der Waals surface area contributed by atoms with Gasteiger partial charge in [0.1, 0.15) is 6.61 Å². The summed E-state index contributed by atoms with van der Waals surface area (Å²) in [6.45, 7) is 5.41. The van der Waals surface area contributed by atoms with E-state index >= 15 is 0 Å². The molecule has 2 rings (SSSR count). The Morgan fingerprint density at radius 2 is 1.81 bits per heavy atom. The van der Waals surface area contributed by atoms with E-state index in [0.717, 1.165) is 21.3 Å². The molecule has 0 unspecified atom stereocenters. The number of ether oxygens (including phenoxy) is 3. The molecule has 2 N–H and O–H groups in total. The third-order valence-electron chi connectivity index (χ3n) is 3.58. The highest BCUT2D eigenvalue weighted by atomic mass is 79.9. The monoisotopic (exact) mass is 459 g/mol. The van der Waals surface area contributed by atoms with Crippen LogP contribution in [0.15, 0.2) is 46.9 Å². The Morgan fingerprint density at radius 1 is 1.04 bits per heavy atom. The maximum Gasteiger partial charge on any atom is 0.175 e. The molecule has 7 heteroatoms. The van der Waals surface area contributed by atoms with Gasteiger partial charge in [0, 0.05) is 13.1 Å². The third kappa shape index (κ3) is 8.49. The lowest BCUT2D eigenvalue weighted by molar-refractivity contribution is 0.0938. The van der Waals surface area contributed by atoms with Gasteiger partial charge in [-0.3, -0.25) is 0 Å². The fourth-order valence-electron chi connectivity index (χ4n) is 2.40. The largest absolute Gasteiger partial charge is 0.490 e. The van der Waals surface area contributed by atoms with Gasteiger partial charge in [0.05, 0.1) is 30.9 Å². The zero-order valence-electron chi connectivity index (χ0n) is 15.4. The van der Waals surface area contributed by atoms with E-state index in [1.165, 1.54) is 0 Å². The van der Waals surface area contributed by atoms with Crippen LogP contribution >= 0.6 is 28.3 Å². The van der Waals surface area contributed by atoms with Crippen LogP contribution in [0.2, 0.25) is 0 Å². The Kier molecular flexibility index (Phi) is 12.1. The smallest absolute Gasteiger partial charge is 0.175 e. The van der Waals surface area contributed by atoms with Crippen molar-refractivity contribution in [1.29, 1.82) is 0 Å². The van der Waals surface area contributed by atoms with Crippen LogP contribution in [0.3, 0.4) is 0 Å². The second kappa shape index (κ2) is 13.8. The van der Waals surface area contributed by atoms with Gasteiger partial charge in [-0.05, 0) is 46.1 Å². The van der Waals surface area contributed by atoms with Crippen molar-refractivity contribution >= 4 is 28.3 Å². The summed E-state index contributed by atoms with van der Waals surface area (Å²) < 4.78 is 17.9. The van der Waals surface area contributed by atoms with Gasteiger partial charge in [-0.2, -0.15) is 0 Å². The van der Waals surface area contributed by atoms with Crippen molar-refractivity contribution < 1.29 is 19.3 Å². The first-order valence-electron chi connectivity index (χ1n) is 8.75. The van der Waals surface area contributed by atoms with Gasteiger partial charge in [-0.25, -0.2) is 0 Å². The summed E-state index contributed by atoms with van der Waals surface area (Å²) in [6.07, 6.45) is 0. The van der Waals surface area contributed by atoms with Crippen molar-refractivity contribution in [1.82, 2.24) is 5.32 Å². The van der Waals surface area contributed by atoms with Crippen molar-refractivity contribution in [3.05, 3.63) is 58.1 Å². The van der Waals surface area contributed by atoms with E-state index < -0.39 is 0 Å². The second-order valence-corrected chi connectivity index (χ2v) is 6.48. The fourth-order valence-corrected chi connectivity index (χ4v) is 3.00. The Balaban J connectivity index is 0.00000364. The summed E-state index contributed by atoms with van der Waals surface area (Å²) in [4.78, 5) is 0. The first-order valence-corrected chi connectivity index (χ1v) is 9.55. The van der Waals surface area contributed by atoms with Crippen LogP contribution in [0.1, 0.15) is 18.1 Å². The molecular weight excluding hydrogens is 434 g/mol. The third-order valence-corrected chi connectivity index (χ3v) is 4.17. The van der Waals surface area contributed by atoms with Crippen LogP contribution < -0.4 is 14.8 Å². The van der Waals surface area contributed by atoms with Crippen LogP contribution in [-0.4, -0.2) is 38.1 Å². The minimum absolute atomic E-state index is 0. The Hall–Kier alpha value is -1.31. The molecule has 0 bridgehead atoms. The molecule has 0 fully saturated rings. The van der Waals surface area contributed by atoms with Crippen LogP contribution in [0, 0.1) is 0 Å². The van der Waals surface area contributed by atoms with Gasteiger partial charge in [0.2, 0.25) is 0 Å². The van der Waals surface area contributed by atoms with Crippen LogP contribution in [0.25, 0.3) is 0 Å². The Labute approximate surface area is 175 Å². The number of aliphatic hydroxyl groups excluding tert-OH is 1. The van der Waals surface area contributed by atoms with Crippen molar-refractivity contribution in [2.24, 2.45) is 0 Å². The minimum Gasteiger partial charge on any atom is -0.490 e. The van der Waals surface area contributed by atoms with E-state index in [1.54, 1.807) is 0 Å². The van der Waals surface area contributed by atoms with Crippen molar-refractivity contribution in [2.45, 2.75) is 20.1 Å². The minimum atomic E-state index is 0. The summed E-state index contributed by atoms with van der Waals surface area (Å²) in [7, 11) is 0. The summed E-state index contributed by atoms with van der Waals surface area (Å²) in [5, 5.41) is 12.0. The maximum absolute atomic E-state index is 8.68. The molecular formula is C20H27BrClNO4. The standard InChI is InChI=1S/C20H26BrNO4.ClH/c1-2-25-19-13-17(14-22-8-10-24-11-9-23)12-18(21)20(19)26-15-16-6-4-3-5-7-16;/h3-7,12-13,22-23H,2,8-11,14-15H2,1H3;1H. The SMILES string of the molecule is CCOc1cc(CNCCOCCO)cc(Br)c1OCc1ccccc1.Cl. The Bertz CT molecular complexity index is 658. The van der Waals surface area contributed by atoms with Crippen LogP contribution in [0.4, 0.5) is 0 Å². The molecule has 0 heterocycles. The average molecular weight is 461 g/mol. The summed E-state index contributed by atoms with van der Waals surface area (Å²) in [5.74, 6) is 1.44. The van der Waals surface area contributed by atoms with E-state index in [4.69, 9.17) is 19.3 Å². The lowest BCUT2D eigenvalue weighted by Crippen LogP contribution is -2.20. The molecule has 2 aromatic carbocycles. The summed E-state index contributed by atoms with van der Waals surface area (Å²) in [6, 6.07) is 14.1. The van der Waals surface area contributed by atoms with E-state index in [0.29, 0.717) is 45.3 Å². The van der Waals surface area contributed by atoms with Gasteiger partial charge >= 0.3 is 0 Å². The highest BCUT2D eigenvalue weighted by Crippen LogP contribution is 2.37. The lowest BCUT2D eigenvalue weighted by atomic mass is 10.2. The highest BCUT2D eigenvalue weighted by Gasteiger charge is 2.12. The molecule has 0 aromatic heterocycles. The maximum atomic E-state index is 8.68. The number of halogens is 2. The van der Waals surface area contributed by atoms with Gasteiger partial charge in [0.15, 0.2) is 11.5 Å². The Morgan fingerprint density at radius 3 is 2.52 bits per heavy atom. The predicted molar refractivity (Wildman–Crippen MR) is 113 cm³/mol. The normalized spacial score (nSPS) is 10.3. The zero-order valence-corrected chi connectivity index (χ0v) is 17.9. The summed E-state index contributed by atoms with van der Waals surface area (Å²) in [5.41, 5.74) is 2.20. The van der Waals surface area contributed by atoms with E-state index in [-0.39, 0.29) is 19.0 Å². The number of benzene rings is 2. The molecule has 0 radical (unpaired) electrons. The first kappa shape index (κ1) is 23.7. The van der Waals surface area contributed by atoms with Gasteiger partial charge in [-0.15, -0.1) is 12.4 Å². The van der Waals surface area contributed by atoms with Crippen molar-refractivity contribution in [3.63, 3.8) is 0 Å². The van der Waals surface area contributed by atoms with Crippen molar-refractivity contribution in [2.75, 3.05) is 33.0 Å². The number of hydrogen-bond donors (Lipinski definition) is 2. The number of rotatable bonds is 12. The number of nitrogens with one attached hydrogen (secondary N) is 1. The average Bonchev–Trinajstić information content (AvgIpc) is 2.65. The molecule has 0 saturated carbocycles. The molecule has 0 atom stereocenters. The molecule has 5 nitrogen and oxygen atoms in total. The molecule has 0 aliphatic rings. The lowest BCUT2D eigenvalue weighted by Gasteiger charge is -2.16. The first-order chi connectivity index (χ1) is 12.7. The van der Waals surface area contributed by atoms with Crippen LogP contribution in [0.5, 0.6) is 11.5 Å². The topological polar surface area (TPSA) is 60.0 Å². The quantitative estimate of drug-likeness (QED) is 0.470. The van der Waals surface area contributed by atoms with Gasteiger partial charge < -0.3 is 24.6 Å². The highest BCUT2D eigenvalue weighted by molar-refractivity contribution is 9.10. The van der Waals surface area contributed by atoms with Gasteiger partial charge in [-0.1, -0.05) is 30.3 Å². The summed E-state index contributed by atoms with van der Waals surface area (Å²) >= 11 is 3.60. The van der Waals surface area contributed by atoms with E-state index in [9.17, 15) is 0 Å². The predicted octanol–water partition coefficient (Wildman–Crippen LogP) is 3.95.